The van der Waals surface area contributed by atoms with Crippen molar-refractivity contribution in [3.63, 3.8) is 0 Å². The lowest BCUT2D eigenvalue weighted by molar-refractivity contribution is 0.410. The average Bonchev–Trinajstić information content (AvgIpc) is 2.30. The van der Waals surface area contributed by atoms with Gasteiger partial charge in [-0.25, -0.2) is 4.39 Å². The molecule has 0 saturated heterocycles. The Hall–Kier alpha value is -2.46. The van der Waals surface area contributed by atoms with Gasteiger partial charge < -0.3 is 10.5 Å². The number of hydrogen-bond donors (Lipinski definition) is 1. The maximum Gasteiger partial charge on any atom is 0.328 e. The van der Waals surface area contributed by atoms with Gasteiger partial charge in [0, 0.05) is 0 Å². The first-order chi connectivity index (χ1) is 8.58. The fourth-order valence-electron chi connectivity index (χ4n) is 1.14. The van der Waals surface area contributed by atoms with Gasteiger partial charge in [-0.2, -0.15) is 20.2 Å². The van der Waals surface area contributed by atoms with Crippen LogP contribution in [0.15, 0.2) is 18.2 Å². The first-order valence-electron chi connectivity index (χ1n) is 4.63. The summed E-state index contributed by atoms with van der Waals surface area (Å²) in [5.41, 5.74) is 5.51. The Morgan fingerprint density at radius 1 is 1.33 bits per heavy atom. The second-order valence-electron chi connectivity index (χ2n) is 3.10. The predicted octanol–water partition coefficient (Wildman–Crippen LogP) is 1.91. The van der Waals surface area contributed by atoms with E-state index < -0.39 is 5.82 Å². The van der Waals surface area contributed by atoms with Crippen LogP contribution in [0, 0.1) is 17.1 Å². The maximum atomic E-state index is 13.5. The third-order valence-corrected chi connectivity index (χ3v) is 2.04. The fraction of sp³-hybridized carbons (Fsp3) is 0. The zero-order chi connectivity index (χ0) is 13.1. The number of anilines is 1. The van der Waals surface area contributed by atoms with Gasteiger partial charge in [-0.15, -0.1) is 0 Å². The van der Waals surface area contributed by atoms with Crippen LogP contribution in [-0.2, 0) is 0 Å². The van der Waals surface area contributed by atoms with Crippen molar-refractivity contribution in [2.75, 3.05) is 5.73 Å². The Morgan fingerprint density at radius 2 is 2.11 bits per heavy atom. The topological polar surface area (TPSA) is 97.7 Å². The Kier molecular flexibility index (Phi) is 3.21. The molecular weight excluding hydrogens is 261 g/mol. The maximum absolute atomic E-state index is 13.5. The number of benzene rings is 1. The summed E-state index contributed by atoms with van der Waals surface area (Å²) < 4.78 is 18.6. The Labute approximate surface area is 106 Å². The molecule has 0 spiro atoms. The van der Waals surface area contributed by atoms with Crippen LogP contribution in [-0.4, -0.2) is 15.0 Å². The Balaban J connectivity index is 2.31. The highest BCUT2D eigenvalue weighted by Crippen LogP contribution is 2.23. The van der Waals surface area contributed by atoms with Crippen LogP contribution in [0.5, 0.6) is 11.8 Å². The molecule has 0 bridgehead atoms. The molecule has 2 rings (SSSR count). The highest BCUT2D eigenvalue weighted by atomic mass is 35.5. The molecule has 1 aromatic heterocycles. The van der Waals surface area contributed by atoms with E-state index in [1.165, 1.54) is 12.1 Å². The molecular formula is C10H5ClFN5O. The van der Waals surface area contributed by atoms with E-state index in [9.17, 15) is 4.39 Å². The smallest absolute Gasteiger partial charge is 0.328 e. The van der Waals surface area contributed by atoms with Gasteiger partial charge in [0.05, 0.1) is 11.6 Å². The summed E-state index contributed by atoms with van der Waals surface area (Å²) >= 11 is 5.54. The molecule has 2 N–H and O–H groups in total. The standard InChI is InChI=1S/C10H5ClFN5O/c11-8-15-9(14)17-10(16-8)18-7-2-1-5(4-13)3-6(7)12/h1-3H,(H2,14,15,16,17). The summed E-state index contributed by atoms with van der Waals surface area (Å²) in [7, 11) is 0. The normalized spacial score (nSPS) is 9.83. The number of nitriles is 1. The molecule has 0 aliphatic carbocycles. The molecule has 18 heavy (non-hydrogen) atoms. The summed E-state index contributed by atoms with van der Waals surface area (Å²) in [5, 5.41) is 8.43. The van der Waals surface area contributed by atoms with Crippen LogP contribution >= 0.6 is 11.6 Å². The van der Waals surface area contributed by atoms with Gasteiger partial charge in [0.25, 0.3) is 0 Å². The van der Waals surface area contributed by atoms with Gasteiger partial charge in [0.2, 0.25) is 11.2 Å². The molecule has 0 saturated carbocycles. The molecule has 90 valence electrons. The first-order valence-corrected chi connectivity index (χ1v) is 5.01. The molecule has 1 heterocycles. The molecule has 0 radical (unpaired) electrons. The van der Waals surface area contributed by atoms with E-state index in [2.05, 4.69) is 15.0 Å². The number of nitrogens with zero attached hydrogens (tertiary/aromatic N) is 4. The number of hydrogen-bond acceptors (Lipinski definition) is 6. The molecule has 1 aromatic carbocycles. The zero-order valence-corrected chi connectivity index (χ0v) is 9.52. The van der Waals surface area contributed by atoms with Crippen molar-refractivity contribution in [3.8, 4) is 17.8 Å². The number of ether oxygens (including phenoxy) is 1. The van der Waals surface area contributed by atoms with E-state index in [0.29, 0.717) is 0 Å². The summed E-state index contributed by atoms with van der Waals surface area (Å²) in [6.07, 6.45) is 0. The Morgan fingerprint density at radius 3 is 2.72 bits per heavy atom. The minimum atomic E-state index is -0.718. The summed E-state index contributed by atoms with van der Waals surface area (Å²) in [6.45, 7) is 0. The largest absolute Gasteiger partial charge is 0.421 e. The van der Waals surface area contributed by atoms with Gasteiger partial charge >= 0.3 is 6.01 Å². The first kappa shape index (κ1) is 12.0. The molecule has 0 atom stereocenters. The zero-order valence-electron chi connectivity index (χ0n) is 8.76. The van der Waals surface area contributed by atoms with Gasteiger partial charge in [0.1, 0.15) is 0 Å². The lowest BCUT2D eigenvalue weighted by Gasteiger charge is -2.05. The van der Waals surface area contributed by atoms with Crippen LogP contribution in [0.25, 0.3) is 0 Å². The lowest BCUT2D eigenvalue weighted by Crippen LogP contribution is -2.01. The van der Waals surface area contributed by atoms with Crippen molar-refractivity contribution in [3.05, 3.63) is 34.9 Å². The minimum absolute atomic E-state index is 0.140. The van der Waals surface area contributed by atoms with Crippen molar-refractivity contribution in [1.29, 1.82) is 5.26 Å². The van der Waals surface area contributed by atoms with Crippen LogP contribution in [0.4, 0.5) is 10.3 Å². The molecule has 0 aliphatic rings. The summed E-state index contributed by atoms with van der Waals surface area (Å²) in [5.74, 6) is -1.00. The second-order valence-corrected chi connectivity index (χ2v) is 3.44. The quantitative estimate of drug-likeness (QED) is 0.891. The predicted molar refractivity (Wildman–Crippen MR) is 60.4 cm³/mol. The van der Waals surface area contributed by atoms with Crippen LogP contribution in [0.1, 0.15) is 5.56 Å². The van der Waals surface area contributed by atoms with Crippen LogP contribution in [0.3, 0.4) is 0 Å². The molecule has 0 amide bonds. The van der Waals surface area contributed by atoms with Crippen molar-refractivity contribution in [1.82, 2.24) is 15.0 Å². The van der Waals surface area contributed by atoms with E-state index in [0.717, 1.165) is 6.07 Å². The van der Waals surface area contributed by atoms with Gasteiger partial charge in [-0.3, -0.25) is 0 Å². The molecule has 0 aliphatic heterocycles. The molecule has 8 heteroatoms. The van der Waals surface area contributed by atoms with E-state index in [4.69, 9.17) is 27.3 Å². The van der Waals surface area contributed by atoms with Gasteiger partial charge in [-0.05, 0) is 29.8 Å². The Bertz CT molecular complexity index is 622. The number of nitrogens with two attached hydrogens (primary N) is 1. The highest BCUT2D eigenvalue weighted by Gasteiger charge is 2.09. The van der Waals surface area contributed by atoms with Gasteiger partial charge in [-0.1, -0.05) is 0 Å². The van der Waals surface area contributed by atoms with E-state index in [1.807, 2.05) is 0 Å². The van der Waals surface area contributed by atoms with E-state index in [1.54, 1.807) is 6.07 Å². The highest BCUT2D eigenvalue weighted by molar-refractivity contribution is 6.28. The number of halogens is 2. The third-order valence-electron chi connectivity index (χ3n) is 1.87. The van der Waals surface area contributed by atoms with Crippen molar-refractivity contribution in [2.24, 2.45) is 0 Å². The average molecular weight is 266 g/mol. The number of aromatic nitrogens is 3. The lowest BCUT2D eigenvalue weighted by atomic mass is 10.2. The SMILES string of the molecule is N#Cc1ccc(Oc2nc(N)nc(Cl)n2)c(F)c1. The van der Waals surface area contributed by atoms with Crippen LogP contribution < -0.4 is 10.5 Å². The van der Waals surface area contributed by atoms with Crippen molar-refractivity contribution >= 4 is 17.5 Å². The third kappa shape index (κ3) is 2.61. The minimum Gasteiger partial charge on any atom is -0.421 e. The molecule has 0 unspecified atom stereocenters. The number of rotatable bonds is 2. The van der Waals surface area contributed by atoms with Crippen LogP contribution in [0.2, 0.25) is 5.28 Å². The fourth-order valence-corrected chi connectivity index (χ4v) is 1.30. The molecule has 2 aromatic rings. The summed E-state index contributed by atoms with van der Waals surface area (Å²) in [6, 6.07) is 5.28. The number of nitrogen functional groups attached to an aromatic ring is 1. The van der Waals surface area contributed by atoms with Gasteiger partial charge in [0.15, 0.2) is 11.6 Å². The molecule has 6 nitrogen and oxygen atoms in total. The van der Waals surface area contributed by atoms with E-state index >= 15 is 0 Å². The van der Waals surface area contributed by atoms with Crippen molar-refractivity contribution in [2.45, 2.75) is 0 Å². The van der Waals surface area contributed by atoms with E-state index in [-0.39, 0.29) is 28.6 Å². The second kappa shape index (κ2) is 4.81. The van der Waals surface area contributed by atoms with Crippen molar-refractivity contribution < 1.29 is 9.13 Å². The monoisotopic (exact) mass is 265 g/mol. The summed E-state index contributed by atoms with van der Waals surface area (Å²) in [4.78, 5) is 10.8. The molecule has 0 fully saturated rings.